The van der Waals surface area contributed by atoms with Crippen LogP contribution in [0.3, 0.4) is 0 Å². The molecule has 6 heteroatoms. The second-order valence-corrected chi connectivity index (χ2v) is 4.65. The van der Waals surface area contributed by atoms with Crippen LogP contribution in [0.2, 0.25) is 0 Å². The third kappa shape index (κ3) is 6.87. The molecule has 0 aromatic carbocycles. The highest BCUT2D eigenvalue weighted by Crippen LogP contribution is 2.12. The van der Waals surface area contributed by atoms with E-state index >= 15 is 0 Å². The van der Waals surface area contributed by atoms with Crippen molar-refractivity contribution in [3.63, 3.8) is 0 Å². The van der Waals surface area contributed by atoms with Crippen LogP contribution in [0.1, 0.15) is 13.3 Å². The van der Waals surface area contributed by atoms with Crippen LogP contribution >= 0.6 is 0 Å². The summed E-state index contributed by atoms with van der Waals surface area (Å²) in [5, 5.41) is 3.03. The van der Waals surface area contributed by atoms with Crippen LogP contribution in [-0.2, 0) is 19.0 Å². The van der Waals surface area contributed by atoms with Gasteiger partial charge in [0.2, 0.25) is 0 Å². The van der Waals surface area contributed by atoms with Gasteiger partial charge in [0.25, 0.3) is 0 Å². The number of esters is 1. The van der Waals surface area contributed by atoms with Crippen molar-refractivity contribution < 1.29 is 19.0 Å². The standard InChI is InChI=1S/C13H28N2O4/c1-13(14-2,12(16)19-5)6-7-15(8-10-17-3)9-11-18-4/h14H,6-11H2,1-5H3. The molecule has 1 atom stereocenters. The molecule has 0 aliphatic rings. The van der Waals surface area contributed by atoms with E-state index in [2.05, 4.69) is 10.2 Å². The largest absolute Gasteiger partial charge is 0.468 e. The van der Waals surface area contributed by atoms with Crippen molar-refractivity contribution in [2.24, 2.45) is 0 Å². The first-order valence-electron chi connectivity index (χ1n) is 6.51. The number of rotatable bonds is 11. The van der Waals surface area contributed by atoms with Gasteiger partial charge in [-0.25, -0.2) is 0 Å². The molecule has 1 N–H and O–H groups in total. The van der Waals surface area contributed by atoms with Crippen LogP contribution < -0.4 is 5.32 Å². The van der Waals surface area contributed by atoms with Gasteiger partial charge in [0.1, 0.15) is 5.54 Å². The van der Waals surface area contributed by atoms with Gasteiger partial charge >= 0.3 is 5.97 Å². The molecule has 0 radical (unpaired) electrons. The highest BCUT2D eigenvalue weighted by atomic mass is 16.5. The van der Waals surface area contributed by atoms with E-state index < -0.39 is 5.54 Å². The summed E-state index contributed by atoms with van der Waals surface area (Å²) in [6.45, 7) is 5.60. The van der Waals surface area contributed by atoms with Gasteiger partial charge in [0, 0.05) is 33.9 Å². The average molecular weight is 276 g/mol. The molecule has 0 aromatic rings. The first kappa shape index (κ1) is 18.3. The Morgan fingerprint density at radius 2 is 1.63 bits per heavy atom. The fourth-order valence-corrected chi connectivity index (χ4v) is 1.71. The molecular weight excluding hydrogens is 248 g/mol. The third-order valence-corrected chi connectivity index (χ3v) is 3.34. The molecule has 0 spiro atoms. The number of nitrogens with zero attached hydrogens (tertiary/aromatic N) is 1. The summed E-state index contributed by atoms with van der Waals surface area (Å²) in [5.41, 5.74) is -0.660. The minimum Gasteiger partial charge on any atom is -0.468 e. The van der Waals surface area contributed by atoms with E-state index in [1.165, 1.54) is 7.11 Å². The van der Waals surface area contributed by atoms with Crippen LogP contribution in [0.25, 0.3) is 0 Å². The lowest BCUT2D eigenvalue weighted by Crippen LogP contribution is -2.50. The van der Waals surface area contributed by atoms with Crippen LogP contribution in [0.15, 0.2) is 0 Å². The van der Waals surface area contributed by atoms with E-state index in [1.807, 2.05) is 6.92 Å². The molecule has 114 valence electrons. The number of carbonyl (C=O) groups excluding carboxylic acids is 1. The van der Waals surface area contributed by atoms with Crippen LogP contribution in [0, 0.1) is 0 Å². The summed E-state index contributed by atoms with van der Waals surface area (Å²) in [7, 11) is 6.54. The second kappa shape index (κ2) is 10.1. The lowest BCUT2D eigenvalue weighted by Gasteiger charge is -2.30. The lowest BCUT2D eigenvalue weighted by atomic mass is 9.98. The normalized spacial score (nSPS) is 14.4. The maximum absolute atomic E-state index is 11.8. The van der Waals surface area contributed by atoms with Crippen molar-refractivity contribution in [2.45, 2.75) is 18.9 Å². The smallest absolute Gasteiger partial charge is 0.325 e. The van der Waals surface area contributed by atoms with Crippen LogP contribution in [-0.4, -0.2) is 77.6 Å². The van der Waals surface area contributed by atoms with E-state index in [1.54, 1.807) is 21.3 Å². The molecule has 0 bridgehead atoms. The average Bonchev–Trinajstić information content (AvgIpc) is 2.45. The van der Waals surface area contributed by atoms with E-state index in [9.17, 15) is 4.79 Å². The van der Waals surface area contributed by atoms with Crippen molar-refractivity contribution in [3.8, 4) is 0 Å². The highest BCUT2D eigenvalue weighted by molar-refractivity contribution is 5.80. The van der Waals surface area contributed by atoms with Gasteiger partial charge in [-0.3, -0.25) is 9.69 Å². The minimum atomic E-state index is -0.660. The van der Waals surface area contributed by atoms with Crippen molar-refractivity contribution in [3.05, 3.63) is 0 Å². The third-order valence-electron chi connectivity index (χ3n) is 3.34. The van der Waals surface area contributed by atoms with E-state index in [4.69, 9.17) is 14.2 Å². The highest BCUT2D eigenvalue weighted by Gasteiger charge is 2.32. The summed E-state index contributed by atoms with van der Waals surface area (Å²) in [5.74, 6) is -0.242. The molecule has 0 aliphatic carbocycles. The van der Waals surface area contributed by atoms with Crippen LogP contribution in [0.4, 0.5) is 0 Å². The van der Waals surface area contributed by atoms with Gasteiger partial charge in [-0.1, -0.05) is 0 Å². The molecule has 0 amide bonds. The minimum absolute atomic E-state index is 0.242. The zero-order valence-electron chi connectivity index (χ0n) is 12.8. The fourth-order valence-electron chi connectivity index (χ4n) is 1.71. The Bertz CT molecular complexity index is 243. The van der Waals surface area contributed by atoms with E-state index in [-0.39, 0.29) is 5.97 Å². The molecule has 0 aromatic heterocycles. The molecule has 0 saturated heterocycles. The molecule has 0 heterocycles. The molecule has 6 nitrogen and oxygen atoms in total. The van der Waals surface area contributed by atoms with Crippen molar-refractivity contribution in [1.29, 1.82) is 0 Å². The number of methoxy groups -OCH3 is 3. The Morgan fingerprint density at radius 3 is 2.00 bits per heavy atom. The second-order valence-electron chi connectivity index (χ2n) is 4.65. The number of hydrogen-bond acceptors (Lipinski definition) is 6. The van der Waals surface area contributed by atoms with Gasteiger partial charge in [0.15, 0.2) is 0 Å². The predicted octanol–water partition coefficient (Wildman–Crippen LogP) is 0.122. The number of likely N-dealkylation sites (N-methyl/N-ethyl adjacent to an activating group) is 1. The van der Waals surface area contributed by atoms with Gasteiger partial charge < -0.3 is 19.5 Å². The van der Waals surface area contributed by atoms with Gasteiger partial charge in [-0.2, -0.15) is 0 Å². The maximum atomic E-state index is 11.8. The quantitative estimate of drug-likeness (QED) is 0.541. The van der Waals surface area contributed by atoms with E-state index in [0.717, 1.165) is 19.6 Å². The summed E-state index contributed by atoms with van der Waals surface area (Å²) in [6.07, 6.45) is 0.670. The number of hydrogen-bond donors (Lipinski definition) is 1. The van der Waals surface area contributed by atoms with Gasteiger partial charge in [-0.05, 0) is 20.4 Å². The zero-order chi connectivity index (χ0) is 14.7. The van der Waals surface area contributed by atoms with Crippen LogP contribution in [0.5, 0.6) is 0 Å². The Kier molecular flexibility index (Phi) is 9.77. The Morgan fingerprint density at radius 1 is 1.11 bits per heavy atom. The molecular formula is C13H28N2O4. The zero-order valence-corrected chi connectivity index (χ0v) is 12.8. The first-order chi connectivity index (χ1) is 9.03. The topological polar surface area (TPSA) is 60.0 Å². The van der Waals surface area contributed by atoms with E-state index in [0.29, 0.717) is 19.6 Å². The molecule has 0 aliphatic heterocycles. The lowest BCUT2D eigenvalue weighted by molar-refractivity contribution is -0.148. The maximum Gasteiger partial charge on any atom is 0.325 e. The Labute approximate surface area is 116 Å². The molecule has 0 saturated carbocycles. The fraction of sp³-hybridized carbons (Fsp3) is 0.923. The van der Waals surface area contributed by atoms with Crippen molar-refractivity contribution >= 4 is 5.97 Å². The predicted molar refractivity (Wildman–Crippen MR) is 74.3 cm³/mol. The SMILES string of the molecule is CNC(C)(CCN(CCOC)CCOC)C(=O)OC. The number of carbonyl (C=O) groups is 1. The Balaban J connectivity index is 4.36. The van der Waals surface area contributed by atoms with Crippen molar-refractivity contribution in [1.82, 2.24) is 10.2 Å². The molecule has 1 unspecified atom stereocenters. The summed E-state index contributed by atoms with van der Waals surface area (Å²) in [6, 6.07) is 0. The monoisotopic (exact) mass is 276 g/mol. The van der Waals surface area contributed by atoms with Gasteiger partial charge in [-0.15, -0.1) is 0 Å². The van der Waals surface area contributed by atoms with Gasteiger partial charge in [0.05, 0.1) is 20.3 Å². The number of ether oxygens (including phenoxy) is 3. The molecule has 0 rings (SSSR count). The Hall–Kier alpha value is -0.690. The first-order valence-corrected chi connectivity index (χ1v) is 6.51. The van der Waals surface area contributed by atoms with Crippen molar-refractivity contribution in [2.75, 3.05) is 61.2 Å². The number of nitrogens with one attached hydrogen (secondary N) is 1. The summed E-state index contributed by atoms with van der Waals surface area (Å²) >= 11 is 0. The molecule has 19 heavy (non-hydrogen) atoms. The molecule has 0 fully saturated rings. The summed E-state index contributed by atoms with van der Waals surface area (Å²) in [4.78, 5) is 14.0. The summed E-state index contributed by atoms with van der Waals surface area (Å²) < 4.78 is 15.0.